The fourth-order valence-corrected chi connectivity index (χ4v) is 1.43. The Morgan fingerprint density at radius 3 is 3.10 bits per heavy atom. The normalized spacial score (nSPS) is 10.2. The molecule has 56 valence electrons. The highest BCUT2D eigenvalue weighted by molar-refractivity contribution is 7.11. The van der Waals surface area contributed by atoms with Crippen LogP contribution in [-0.2, 0) is 13.2 Å². The molecule has 2 nitrogen and oxygen atoms in total. The third kappa shape index (κ3) is 1.75. The molecule has 0 radical (unpaired) electrons. The Kier molecular flexibility index (Phi) is 2.77. The van der Waals surface area contributed by atoms with E-state index in [1.54, 1.807) is 6.20 Å². The smallest absolute Gasteiger partial charge is 0.125 e. The van der Waals surface area contributed by atoms with Gasteiger partial charge in [0.05, 0.1) is 4.88 Å². The van der Waals surface area contributed by atoms with E-state index in [0.29, 0.717) is 4.88 Å². The Labute approximate surface area is 63.1 Å². The molecule has 10 heavy (non-hydrogen) atoms. The van der Waals surface area contributed by atoms with Crippen LogP contribution in [0.1, 0.15) is 9.88 Å². The standard InChI is InChI=1S/C6H9FN2S/c1-8-4-6-9-3-5(2-7)10-6/h3,8H,2,4H2,1H3. The van der Waals surface area contributed by atoms with Crippen molar-refractivity contribution < 1.29 is 4.39 Å². The van der Waals surface area contributed by atoms with Crippen molar-refractivity contribution in [3.63, 3.8) is 0 Å². The molecule has 4 heteroatoms. The molecule has 0 saturated heterocycles. The van der Waals surface area contributed by atoms with Crippen LogP contribution in [0.5, 0.6) is 0 Å². The van der Waals surface area contributed by atoms with E-state index in [-0.39, 0.29) is 0 Å². The van der Waals surface area contributed by atoms with Gasteiger partial charge in [-0.25, -0.2) is 9.37 Å². The first-order valence-electron chi connectivity index (χ1n) is 3.01. The van der Waals surface area contributed by atoms with Gasteiger partial charge in [0.15, 0.2) is 0 Å². The number of alkyl halides is 1. The Morgan fingerprint density at radius 1 is 1.80 bits per heavy atom. The highest BCUT2D eigenvalue weighted by Gasteiger charge is 1.98. The molecule has 0 amide bonds. The summed E-state index contributed by atoms with van der Waals surface area (Å²) in [5.74, 6) is 0. The van der Waals surface area contributed by atoms with Crippen LogP contribution in [0.25, 0.3) is 0 Å². The molecule has 0 unspecified atom stereocenters. The summed E-state index contributed by atoms with van der Waals surface area (Å²) in [6, 6.07) is 0. The van der Waals surface area contributed by atoms with Gasteiger partial charge in [-0.3, -0.25) is 0 Å². The fraction of sp³-hybridized carbons (Fsp3) is 0.500. The monoisotopic (exact) mass is 160 g/mol. The van der Waals surface area contributed by atoms with Crippen LogP contribution in [0.15, 0.2) is 6.20 Å². The zero-order valence-electron chi connectivity index (χ0n) is 5.72. The number of thiazole rings is 1. The third-order valence-corrected chi connectivity index (χ3v) is 2.02. The lowest BCUT2D eigenvalue weighted by atomic mass is 10.6. The van der Waals surface area contributed by atoms with Gasteiger partial charge in [-0.1, -0.05) is 0 Å². The quantitative estimate of drug-likeness (QED) is 0.721. The molecule has 0 fully saturated rings. The van der Waals surface area contributed by atoms with Gasteiger partial charge in [0, 0.05) is 12.7 Å². The number of hydrogen-bond donors (Lipinski definition) is 1. The molecule has 0 spiro atoms. The predicted molar refractivity (Wildman–Crippen MR) is 39.7 cm³/mol. The largest absolute Gasteiger partial charge is 0.314 e. The molecule has 0 aromatic carbocycles. The van der Waals surface area contributed by atoms with Crippen LogP contribution in [0.3, 0.4) is 0 Å². The summed E-state index contributed by atoms with van der Waals surface area (Å²) in [5.41, 5.74) is 0. The van der Waals surface area contributed by atoms with E-state index in [1.807, 2.05) is 7.05 Å². The predicted octanol–water partition coefficient (Wildman–Crippen LogP) is 1.33. The molecular weight excluding hydrogens is 151 g/mol. The summed E-state index contributed by atoms with van der Waals surface area (Å²) in [5, 5.41) is 3.89. The van der Waals surface area contributed by atoms with Gasteiger partial charge >= 0.3 is 0 Å². The minimum absolute atomic E-state index is 0.401. The second-order valence-corrected chi connectivity index (χ2v) is 3.08. The van der Waals surface area contributed by atoms with E-state index >= 15 is 0 Å². The lowest BCUT2D eigenvalue weighted by Crippen LogP contribution is -2.03. The van der Waals surface area contributed by atoms with Gasteiger partial charge in [-0.05, 0) is 7.05 Å². The number of nitrogens with one attached hydrogen (secondary N) is 1. The second kappa shape index (κ2) is 3.63. The second-order valence-electron chi connectivity index (χ2n) is 1.88. The van der Waals surface area contributed by atoms with Crippen molar-refractivity contribution in [3.05, 3.63) is 16.1 Å². The van der Waals surface area contributed by atoms with E-state index in [2.05, 4.69) is 10.3 Å². The Bertz CT molecular complexity index is 199. The average molecular weight is 160 g/mol. The SMILES string of the molecule is CNCc1ncc(CF)s1. The van der Waals surface area contributed by atoms with Crippen molar-refractivity contribution >= 4 is 11.3 Å². The number of aromatic nitrogens is 1. The first-order valence-corrected chi connectivity index (χ1v) is 3.82. The van der Waals surface area contributed by atoms with Crippen LogP contribution < -0.4 is 5.32 Å². The number of nitrogens with zero attached hydrogens (tertiary/aromatic N) is 1. The van der Waals surface area contributed by atoms with E-state index in [1.165, 1.54) is 11.3 Å². The highest BCUT2D eigenvalue weighted by atomic mass is 32.1. The zero-order valence-corrected chi connectivity index (χ0v) is 6.54. The molecule has 1 aromatic heterocycles. The van der Waals surface area contributed by atoms with Crippen molar-refractivity contribution in [2.45, 2.75) is 13.2 Å². The molecule has 0 aliphatic heterocycles. The lowest BCUT2D eigenvalue weighted by molar-refractivity contribution is 0.491. The van der Waals surface area contributed by atoms with Crippen molar-refractivity contribution in [2.24, 2.45) is 0 Å². The Morgan fingerprint density at radius 2 is 2.60 bits per heavy atom. The van der Waals surface area contributed by atoms with Gasteiger partial charge in [0.2, 0.25) is 0 Å². The molecule has 0 saturated carbocycles. The minimum Gasteiger partial charge on any atom is -0.314 e. The average Bonchev–Trinajstić information content (AvgIpc) is 2.37. The van der Waals surface area contributed by atoms with Gasteiger partial charge < -0.3 is 5.32 Å². The van der Waals surface area contributed by atoms with Crippen LogP contribution in [0, 0.1) is 0 Å². The summed E-state index contributed by atoms with van der Waals surface area (Å²) in [6.07, 6.45) is 1.58. The Hall–Kier alpha value is -0.480. The maximum absolute atomic E-state index is 11.9. The van der Waals surface area contributed by atoms with Gasteiger partial charge in [0.25, 0.3) is 0 Å². The number of rotatable bonds is 3. The molecule has 1 heterocycles. The molecule has 0 aliphatic carbocycles. The third-order valence-electron chi connectivity index (χ3n) is 1.06. The molecular formula is C6H9FN2S. The number of hydrogen-bond acceptors (Lipinski definition) is 3. The molecule has 0 bridgehead atoms. The highest BCUT2D eigenvalue weighted by Crippen LogP contribution is 2.12. The van der Waals surface area contributed by atoms with Gasteiger partial charge in [-0.2, -0.15) is 0 Å². The summed E-state index contributed by atoms with van der Waals surface area (Å²) < 4.78 is 11.9. The van der Waals surface area contributed by atoms with Crippen molar-refractivity contribution in [2.75, 3.05) is 7.05 Å². The topological polar surface area (TPSA) is 24.9 Å². The van der Waals surface area contributed by atoms with Crippen LogP contribution in [0.2, 0.25) is 0 Å². The lowest BCUT2D eigenvalue weighted by Gasteiger charge is -1.88. The van der Waals surface area contributed by atoms with Crippen LogP contribution >= 0.6 is 11.3 Å². The maximum Gasteiger partial charge on any atom is 0.125 e. The molecule has 0 aliphatic rings. The van der Waals surface area contributed by atoms with E-state index in [0.717, 1.165) is 11.6 Å². The van der Waals surface area contributed by atoms with Crippen molar-refractivity contribution in [1.82, 2.24) is 10.3 Å². The summed E-state index contributed by atoms with van der Waals surface area (Å²) in [4.78, 5) is 4.69. The van der Waals surface area contributed by atoms with E-state index < -0.39 is 6.67 Å². The van der Waals surface area contributed by atoms with E-state index in [9.17, 15) is 4.39 Å². The number of halogens is 1. The fourth-order valence-electron chi connectivity index (χ4n) is 0.643. The van der Waals surface area contributed by atoms with Crippen molar-refractivity contribution in [3.8, 4) is 0 Å². The zero-order chi connectivity index (χ0) is 7.40. The molecule has 1 aromatic rings. The van der Waals surface area contributed by atoms with E-state index in [4.69, 9.17) is 0 Å². The van der Waals surface area contributed by atoms with Gasteiger partial charge in [-0.15, -0.1) is 11.3 Å². The van der Waals surface area contributed by atoms with Crippen LogP contribution in [-0.4, -0.2) is 12.0 Å². The summed E-state index contributed by atoms with van der Waals surface area (Å²) in [7, 11) is 1.84. The summed E-state index contributed by atoms with van der Waals surface area (Å²) >= 11 is 1.41. The first-order chi connectivity index (χ1) is 4.86. The van der Waals surface area contributed by atoms with Crippen LogP contribution in [0.4, 0.5) is 4.39 Å². The summed E-state index contributed by atoms with van der Waals surface area (Å²) in [6.45, 7) is 0.325. The van der Waals surface area contributed by atoms with Gasteiger partial charge in [0.1, 0.15) is 11.7 Å². The van der Waals surface area contributed by atoms with Crippen molar-refractivity contribution in [1.29, 1.82) is 0 Å². The Balaban J connectivity index is 2.59. The maximum atomic E-state index is 11.9. The minimum atomic E-state index is -0.401. The first kappa shape index (κ1) is 7.63. The molecule has 0 atom stereocenters. The molecule has 1 N–H and O–H groups in total. The molecule has 1 rings (SSSR count).